The summed E-state index contributed by atoms with van der Waals surface area (Å²) >= 11 is 0. The molecule has 1 amide bonds. The number of amides is 1. The van der Waals surface area contributed by atoms with Crippen LogP contribution in [0.3, 0.4) is 0 Å². The van der Waals surface area contributed by atoms with Gasteiger partial charge in [0, 0.05) is 16.5 Å². The third kappa shape index (κ3) is 2.81. The molecule has 0 unspecified atom stereocenters. The first-order valence-corrected chi connectivity index (χ1v) is 9.02. The Balaban J connectivity index is 1.62. The lowest BCUT2D eigenvalue weighted by Crippen LogP contribution is -2.13. The number of rotatable bonds is 3. The van der Waals surface area contributed by atoms with Gasteiger partial charge in [0.1, 0.15) is 5.69 Å². The SMILES string of the molecule is O=C(Nc1cccc2ccccc12)c1cc(-c2ccco2)nc2ccccc12. The molecule has 4 heteroatoms. The van der Waals surface area contributed by atoms with Gasteiger partial charge in [0.2, 0.25) is 0 Å². The van der Waals surface area contributed by atoms with Crippen molar-refractivity contribution in [3.05, 3.63) is 96.8 Å². The van der Waals surface area contributed by atoms with E-state index < -0.39 is 0 Å². The molecular weight excluding hydrogens is 348 g/mol. The van der Waals surface area contributed by atoms with Crippen LogP contribution in [0.4, 0.5) is 5.69 Å². The van der Waals surface area contributed by atoms with Crippen LogP contribution in [-0.4, -0.2) is 10.9 Å². The molecule has 0 aliphatic rings. The summed E-state index contributed by atoms with van der Waals surface area (Å²) in [6.45, 7) is 0. The third-order valence-electron chi connectivity index (χ3n) is 4.77. The summed E-state index contributed by atoms with van der Waals surface area (Å²) in [4.78, 5) is 17.9. The van der Waals surface area contributed by atoms with Gasteiger partial charge in [-0.05, 0) is 35.7 Å². The Bertz CT molecular complexity index is 1300. The van der Waals surface area contributed by atoms with Crippen LogP contribution in [0.15, 0.2) is 95.6 Å². The monoisotopic (exact) mass is 364 g/mol. The van der Waals surface area contributed by atoms with Crippen LogP contribution >= 0.6 is 0 Å². The second kappa shape index (κ2) is 6.67. The van der Waals surface area contributed by atoms with Crippen LogP contribution in [0, 0.1) is 0 Å². The van der Waals surface area contributed by atoms with E-state index in [2.05, 4.69) is 10.3 Å². The number of carbonyl (C=O) groups is 1. The minimum atomic E-state index is -0.178. The van der Waals surface area contributed by atoms with Gasteiger partial charge in [0.15, 0.2) is 5.76 Å². The molecule has 0 bridgehead atoms. The normalized spacial score (nSPS) is 11.0. The number of para-hydroxylation sites is 1. The fourth-order valence-electron chi connectivity index (χ4n) is 3.44. The summed E-state index contributed by atoms with van der Waals surface area (Å²) in [5, 5.41) is 5.95. The molecule has 0 fully saturated rings. The molecule has 1 N–H and O–H groups in total. The van der Waals surface area contributed by atoms with E-state index in [9.17, 15) is 4.79 Å². The van der Waals surface area contributed by atoms with Gasteiger partial charge in [-0.3, -0.25) is 4.79 Å². The lowest BCUT2D eigenvalue weighted by atomic mass is 10.0. The summed E-state index contributed by atoms with van der Waals surface area (Å²) in [7, 11) is 0. The Morgan fingerprint density at radius 1 is 0.821 bits per heavy atom. The minimum absolute atomic E-state index is 0.178. The van der Waals surface area contributed by atoms with Gasteiger partial charge in [-0.2, -0.15) is 0 Å². The van der Waals surface area contributed by atoms with E-state index in [0.29, 0.717) is 17.0 Å². The average molecular weight is 364 g/mol. The molecule has 0 saturated carbocycles. The zero-order valence-corrected chi connectivity index (χ0v) is 14.9. The fourth-order valence-corrected chi connectivity index (χ4v) is 3.44. The second-order valence-electron chi connectivity index (χ2n) is 6.53. The molecule has 2 aromatic heterocycles. The molecule has 0 aliphatic heterocycles. The van der Waals surface area contributed by atoms with Gasteiger partial charge in [-0.15, -0.1) is 0 Å². The van der Waals surface area contributed by atoms with Gasteiger partial charge in [0.25, 0.3) is 5.91 Å². The number of fused-ring (bicyclic) bond motifs is 2. The van der Waals surface area contributed by atoms with Gasteiger partial charge in [-0.1, -0.05) is 54.6 Å². The highest BCUT2D eigenvalue weighted by Crippen LogP contribution is 2.28. The summed E-state index contributed by atoms with van der Waals surface area (Å²) in [6.07, 6.45) is 1.60. The lowest BCUT2D eigenvalue weighted by molar-refractivity contribution is 0.102. The summed E-state index contributed by atoms with van der Waals surface area (Å²) in [6, 6.07) is 26.9. The molecule has 0 saturated heterocycles. The predicted octanol–water partition coefficient (Wildman–Crippen LogP) is 5.90. The number of nitrogens with one attached hydrogen (secondary N) is 1. The van der Waals surface area contributed by atoms with E-state index >= 15 is 0 Å². The van der Waals surface area contributed by atoms with E-state index in [4.69, 9.17) is 4.42 Å². The van der Waals surface area contributed by atoms with Crippen molar-refractivity contribution in [2.24, 2.45) is 0 Å². The van der Waals surface area contributed by atoms with Crippen molar-refractivity contribution in [1.82, 2.24) is 4.98 Å². The van der Waals surface area contributed by atoms with Gasteiger partial charge in [0.05, 0.1) is 17.3 Å². The molecule has 5 rings (SSSR count). The number of benzene rings is 3. The lowest BCUT2D eigenvalue weighted by Gasteiger charge is -2.11. The maximum absolute atomic E-state index is 13.2. The van der Waals surface area contributed by atoms with Crippen LogP contribution < -0.4 is 5.32 Å². The van der Waals surface area contributed by atoms with Crippen LogP contribution in [0.2, 0.25) is 0 Å². The van der Waals surface area contributed by atoms with E-state index in [-0.39, 0.29) is 5.91 Å². The highest BCUT2D eigenvalue weighted by Gasteiger charge is 2.16. The number of carbonyl (C=O) groups excluding carboxylic acids is 1. The Morgan fingerprint density at radius 2 is 1.61 bits per heavy atom. The highest BCUT2D eigenvalue weighted by atomic mass is 16.3. The topological polar surface area (TPSA) is 55.1 Å². The van der Waals surface area contributed by atoms with Gasteiger partial charge < -0.3 is 9.73 Å². The molecule has 28 heavy (non-hydrogen) atoms. The van der Waals surface area contributed by atoms with Crippen LogP contribution in [0.5, 0.6) is 0 Å². The first kappa shape index (κ1) is 16.3. The van der Waals surface area contributed by atoms with Crippen molar-refractivity contribution in [2.75, 3.05) is 5.32 Å². The molecule has 134 valence electrons. The molecular formula is C24H16N2O2. The number of hydrogen-bond donors (Lipinski definition) is 1. The zero-order chi connectivity index (χ0) is 18.9. The summed E-state index contributed by atoms with van der Waals surface area (Å²) in [5.41, 5.74) is 2.72. The number of pyridine rings is 1. The number of aromatic nitrogens is 1. The summed E-state index contributed by atoms with van der Waals surface area (Å²) < 4.78 is 5.48. The van der Waals surface area contributed by atoms with Gasteiger partial charge >= 0.3 is 0 Å². The predicted molar refractivity (Wildman–Crippen MR) is 111 cm³/mol. The Labute approximate surface area is 161 Å². The molecule has 5 aromatic rings. The molecule has 0 atom stereocenters. The average Bonchev–Trinajstić information content (AvgIpc) is 3.28. The fraction of sp³-hybridized carbons (Fsp3) is 0. The van der Waals surface area contributed by atoms with Crippen molar-refractivity contribution in [3.8, 4) is 11.5 Å². The molecule has 0 radical (unpaired) electrons. The second-order valence-corrected chi connectivity index (χ2v) is 6.53. The van der Waals surface area contributed by atoms with Crippen LogP contribution in [0.1, 0.15) is 10.4 Å². The van der Waals surface area contributed by atoms with Crippen LogP contribution in [0.25, 0.3) is 33.1 Å². The van der Waals surface area contributed by atoms with E-state index in [1.165, 1.54) is 0 Å². The smallest absolute Gasteiger partial charge is 0.256 e. The zero-order valence-electron chi connectivity index (χ0n) is 14.9. The molecule has 3 aromatic carbocycles. The summed E-state index contributed by atoms with van der Waals surface area (Å²) in [5.74, 6) is 0.452. The van der Waals surface area contributed by atoms with Crippen LogP contribution in [-0.2, 0) is 0 Å². The largest absolute Gasteiger partial charge is 0.463 e. The molecule has 0 aliphatic carbocycles. The van der Waals surface area contributed by atoms with Crippen molar-refractivity contribution in [3.63, 3.8) is 0 Å². The van der Waals surface area contributed by atoms with Crippen molar-refractivity contribution < 1.29 is 9.21 Å². The molecule has 4 nitrogen and oxygen atoms in total. The van der Waals surface area contributed by atoms with Crippen molar-refractivity contribution in [1.29, 1.82) is 0 Å². The molecule has 0 spiro atoms. The first-order valence-electron chi connectivity index (χ1n) is 9.02. The quantitative estimate of drug-likeness (QED) is 0.433. The number of nitrogens with zero attached hydrogens (tertiary/aromatic N) is 1. The van der Waals surface area contributed by atoms with E-state index in [0.717, 1.165) is 27.4 Å². The maximum atomic E-state index is 13.2. The standard InChI is InChI=1S/C24H16N2O2/c27-24(26-20-12-5-8-16-7-1-2-9-17(16)20)19-15-22(23-13-6-14-28-23)25-21-11-4-3-10-18(19)21/h1-15H,(H,26,27). The molecule has 2 heterocycles. The Kier molecular flexibility index (Phi) is 3.87. The van der Waals surface area contributed by atoms with Crippen molar-refractivity contribution in [2.45, 2.75) is 0 Å². The Morgan fingerprint density at radius 3 is 2.46 bits per heavy atom. The first-order chi connectivity index (χ1) is 13.8. The van der Waals surface area contributed by atoms with E-state index in [1.807, 2.05) is 78.9 Å². The Hall–Kier alpha value is -3.92. The number of hydrogen-bond acceptors (Lipinski definition) is 3. The minimum Gasteiger partial charge on any atom is -0.463 e. The third-order valence-corrected chi connectivity index (χ3v) is 4.77. The maximum Gasteiger partial charge on any atom is 0.256 e. The van der Waals surface area contributed by atoms with Gasteiger partial charge in [-0.25, -0.2) is 4.98 Å². The number of furan rings is 1. The van der Waals surface area contributed by atoms with Crippen molar-refractivity contribution >= 4 is 33.3 Å². The highest BCUT2D eigenvalue weighted by molar-refractivity contribution is 6.15. The number of anilines is 1. The van der Waals surface area contributed by atoms with E-state index in [1.54, 1.807) is 12.3 Å².